The van der Waals surface area contributed by atoms with Crippen molar-refractivity contribution in [3.05, 3.63) is 48.0 Å². The summed E-state index contributed by atoms with van der Waals surface area (Å²) in [6, 6.07) is 4.46. The molecule has 2 unspecified atom stereocenters. The van der Waals surface area contributed by atoms with E-state index in [1.165, 1.54) is 11.4 Å². The lowest BCUT2D eigenvalue weighted by Gasteiger charge is -2.60. The number of benzene rings is 1. The number of carbonyl (C=O) groups excluding carboxylic acids is 2. The van der Waals surface area contributed by atoms with Gasteiger partial charge >= 0.3 is 12.4 Å². The topological polar surface area (TPSA) is 58.2 Å². The molecule has 0 spiro atoms. The molecule has 4 aliphatic rings. The minimum atomic E-state index is -5.90. The van der Waals surface area contributed by atoms with Gasteiger partial charge in [0.15, 0.2) is 0 Å². The molecule has 208 valence electrons. The maximum absolute atomic E-state index is 14.3. The standard InChI is InChI=1S/C28H32F6N2O2/c1-24-13-6-9-19(24)17-10-11-21-25(2,20(17)12-14-24)15-18(22(37)35-21)23(38)36-26(27(29,30)31,28(32,33)34)16-7-4-3-5-8-16/h3-8,13,17-21H,9-12,14-15H2,1-2H3,(H,35,37)(H,36,38)/t17-,18?,19-,20+,21?,24-,25+/m0/s1. The van der Waals surface area contributed by atoms with E-state index in [0.29, 0.717) is 30.4 Å². The van der Waals surface area contributed by atoms with Crippen LogP contribution in [-0.4, -0.2) is 30.2 Å². The van der Waals surface area contributed by atoms with E-state index < -0.39 is 46.6 Å². The first-order valence-corrected chi connectivity index (χ1v) is 13.1. The number of fused-ring (bicyclic) bond motifs is 5. The van der Waals surface area contributed by atoms with Gasteiger partial charge in [0.25, 0.3) is 5.54 Å². The Hall–Kier alpha value is -2.52. The lowest BCUT2D eigenvalue weighted by molar-refractivity contribution is -0.312. The summed E-state index contributed by atoms with van der Waals surface area (Å²) < 4.78 is 85.6. The molecule has 1 saturated heterocycles. The number of rotatable bonds is 3. The van der Waals surface area contributed by atoms with Crippen LogP contribution in [-0.2, 0) is 15.1 Å². The van der Waals surface area contributed by atoms with Crippen LogP contribution < -0.4 is 10.6 Å². The maximum atomic E-state index is 14.3. The Morgan fingerprint density at radius 1 is 0.974 bits per heavy atom. The zero-order valence-corrected chi connectivity index (χ0v) is 21.3. The highest BCUT2D eigenvalue weighted by Gasteiger charge is 2.73. The van der Waals surface area contributed by atoms with Gasteiger partial charge in [-0.1, -0.05) is 56.3 Å². The van der Waals surface area contributed by atoms with Crippen molar-refractivity contribution in [3.8, 4) is 0 Å². The van der Waals surface area contributed by atoms with Gasteiger partial charge < -0.3 is 10.6 Å². The van der Waals surface area contributed by atoms with Crippen molar-refractivity contribution in [2.45, 2.75) is 76.3 Å². The number of carbonyl (C=O) groups is 2. The summed E-state index contributed by atoms with van der Waals surface area (Å²) in [7, 11) is 0. The largest absolute Gasteiger partial charge is 0.424 e. The Morgan fingerprint density at radius 2 is 1.63 bits per heavy atom. The minimum absolute atomic E-state index is 0.0771. The van der Waals surface area contributed by atoms with Gasteiger partial charge in [0, 0.05) is 6.04 Å². The highest BCUT2D eigenvalue weighted by atomic mass is 19.4. The SMILES string of the molecule is C[C@@]12C=CC[C@H]1[C@@H]1CCC3NC(=O)C(C(=O)NC(c4ccccc4)(C(F)(F)F)C(F)(F)F)C[C@]3(C)[C@@H]1CC2. The minimum Gasteiger partial charge on any atom is -0.352 e. The molecule has 5 rings (SSSR count). The van der Waals surface area contributed by atoms with Crippen molar-refractivity contribution < 1.29 is 35.9 Å². The van der Waals surface area contributed by atoms with Gasteiger partial charge in [-0.15, -0.1) is 0 Å². The van der Waals surface area contributed by atoms with Crippen LogP contribution in [0.4, 0.5) is 26.3 Å². The lowest BCUT2D eigenvalue weighted by Crippen LogP contribution is -2.68. The summed E-state index contributed by atoms with van der Waals surface area (Å²) in [6.45, 7) is 4.18. The predicted octanol–water partition coefficient (Wildman–Crippen LogP) is 6.04. The van der Waals surface area contributed by atoms with E-state index in [0.717, 1.165) is 37.8 Å². The van der Waals surface area contributed by atoms with Crippen LogP contribution in [0.2, 0.25) is 0 Å². The maximum Gasteiger partial charge on any atom is 0.424 e. The molecule has 0 aromatic heterocycles. The van der Waals surface area contributed by atoms with Crippen LogP contribution in [0.1, 0.15) is 57.9 Å². The Labute approximate surface area is 217 Å². The zero-order chi connectivity index (χ0) is 27.7. The van der Waals surface area contributed by atoms with Crippen molar-refractivity contribution in [2.75, 3.05) is 0 Å². The summed E-state index contributed by atoms with van der Waals surface area (Å²) in [5.74, 6) is -3.22. The summed E-state index contributed by atoms with van der Waals surface area (Å²) in [4.78, 5) is 26.3. The number of amides is 2. The van der Waals surface area contributed by atoms with E-state index in [-0.39, 0.29) is 23.8 Å². The second kappa shape index (κ2) is 8.74. The Balaban J connectivity index is 1.47. The summed E-state index contributed by atoms with van der Waals surface area (Å²) in [5.41, 5.74) is -6.34. The first kappa shape index (κ1) is 27.1. The summed E-state index contributed by atoms with van der Waals surface area (Å²) in [5, 5.41) is 4.11. The van der Waals surface area contributed by atoms with Crippen LogP contribution in [0.5, 0.6) is 0 Å². The average Bonchev–Trinajstić information content (AvgIpc) is 3.23. The Kier molecular flexibility index (Phi) is 6.23. The van der Waals surface area contributed by atoms with Crippen molar-refractivity contribution >= 4 is 11.8 Å². The van der Waals surface area contributed by atoms with Crippen molar-refractivity contribution in [2.24, 2.45) is 34.5 Å². The van der Waals surface area contributed by atoms with Crippen molar-refractivity contribution in [3.63, 3.8) is 0 Å². The van der Waals surface area contributed by atoms with Crippen molar-refractivity contribution in [1.82, 2.24) is 10.6 Å². The fraction of sp³-hybridized carbons (Fsp3) is 0.643. The molecule has 3 fully saturated rings. The van der Waals surface area contributed by atoms with Crippen LogP contribution in [0.25, 0.3) is 0 Å². The Bertz CT molecular complexity index is 1120. The fourth-order valence-corrected chi connectivity index (χ4v) is 8.15. The first-order valence-electron chi connectivity index (χ1n) is 13.1. The molecule has 0 radical (unpaired) electrons. The number of hydrogen-bond donors (Lipinski definition) is 2. The lowest BCUT2D eigenvalue weighted by atomic mass is 9.47. The van der Waals surface area contributed by atoms with E-state index in [1.54, 1.807) is 0 Å². The van der Waals surface area contributed by atoms with E-state index in [1.807, 2.05) is 6.92 Å². The van der Waals surface area contributed by atoms with Gasteiger partial charge in [-0.25, -0.2) is 0 Å². The van der Waals surface area contributed by atoms with Crippen LogP contribution in [0, 0.1) is 34.5 Å². The predicted molar refractivity (Wildman–Crippen MR) is 127 cm³/mol. The molecule has 2 amide bonds. The third-order valence-electron chi connectivity index (χ3n) is 10.2. The third-order valence-corrected chi connectivity index (χ3v) is 10.2. The van der Waals surface area contributed by atoms with Gasteiger partial charge in [0.2, 0.25) is 11.8 Å². The Morgan fingerprint density at radius 3 is 2.26 bits per heavy atom. The highest BCUT2D eigenvalue weighted by Crippen LogP contribution is 2.63. The fourth-order valence-electron chi connectivity index (χ4n) is 8.15. The second-order valence-electron chi connectivity index (χ2n) is 12.1. The van der Waals surface area contributed by atoms with Gasteiger partial charge in [-0.05, 0) is 72.7 Å². The molecule has 1 aromatic rings. The van der Waals surface area contributed by atoms with Gasteiger partial charge in [0.05, 0.1) is 0 Å². The number of piperidine rings is 1. The van der Waals surface area contributed by atoms with Gasteiger partial charge in [0.1, 0.15) is 5.92 Å². The molecule has 2 N–H and O–H groups in total. The summed E-state index contributed by atoms with van der Waals surface area (Å²) in [6.07, 6.45) is -3.19. The van der Waals surface area contributed by atoms with E-state index in [4.69, 9.17) is 0 Å². The van der Waals surface area contributed by atoms with Gasteiger partial charge in [-0.2, -0.15) is 26.3 Å². The molecule has 3 aliphatic carbocycles. The molecular weight excluding hydrogens is 510 g/mol. The van der Waals surface area contributed by atoms with Crippen molar-refractivity contribution in [1.29, 1.82) is 0 Å². The smallest absolute Gasteiger partial charge is 0.352 e. The summed E-state index contributed by atoms with van der Waals surface area (Å²) >= 11 is 0. The second-order valence-corrected chi connectivity index (χ2v) is 12.1. The molecule has 1 aliphatic heterocycles. The van der Waals surface area contributed by atoms with Crippen LogP contribution in [0.3, 0.4) is 0 Å². The van der Waals surface area contributed by atoms with Crippen LogP contribution >= 0.6 is 0 Å². The zero-order valence-electron chi connectivity index (χ0n) is 21.3. The van der Waals surface area contributed by atoms with E-state index in [9.17, 15) is 35.9 Å². The first-order chi connectivity index (χ1) is 17.6. The monoisotopic (exact) mass is 542 g/mol. The van der Waals surface area contributed by atoms with Gasteiger partial charge in [-0.3, -0.25) is 9.59 Å². The number of nitrogens with one attached hydrogen (secondary N) is 2. The molecule has 1 aromatic carbocycles. The normalized spacial score (nSPS) is 37.1. The molecule has 38 heavy (non-hydrogen) atoms. The van der Waals surface area contributed by atoms with E-state index >= 15 is 0 Å². The molecule has 10 heteroatoms. The number of hydrogen-bond acceptors (Lipinski definition) is 2. The highest BCUT2D eigenvalue weighted by molar-refractivity contribution is 6.01. The van der Waals surface area contributed by atoms with Crippen LogP contribution in [0.15, 0.2) is 42.5 Å². The molecule has 0 bridgehead atoms. The molecule has 2 saturated carbocycles. The third kappa shape index (κ3) is 3.87. The number of halogens is 6. The molecule has 7 atom stereocenters. The number of alkyl halides is 6. The number of allylic oxidation sites excluding steroid dienone is 2. The molecule has 4 nitrogen and oxygen atoms in total. The average molecular weight is 543 g/mol. The quantitative estimate of drug-likeness (QED) is 0.278. The molecular formula is C28H32F6N2O2. The molecule has 1 heterocycles. The van der Waals surface area contributed by atoms with E-state index in [2.05, 4.69) is 24.4 Å².